The SMILES string of the molecule is C=CCONC1CN([B]C=O)C(C(C)=O)c2c(CCOC3CCCCO3)csc21. The van der Waals surface area contributed by atoms with Gasteiger partial charge in [0.05, 0.1) is 31.5 Å². The van der Waals surface area contributed by atoms with Gasteiger partial charge in [-0.15, -0.1) is 17.9 Å². The van der Waals surface area contributed by atoms with E-state index in [2.05, 4.69) is 17.4 Å². The van der Waals surface area contributed by atoms with Crippen LogP contribution in [-0.4, -0.2) is 56.8 Å². The average molecular weight is 419 g/mol. The predicted octanol–water partition coefficient (Wildman–Crippen LogP) is 2.34. The van der Waals surface area contributed by atoms with Crippen molar-refractivity contribution in [1.29, 1.82) is 0 Å². The molecule has 0 amide bonds. The van der Waals surface area contributed by atoms with Gasteiger partial charge in [0.25, 0.3) is 7.41 Å². The fourth-order valence-corrected chi connectivity index (χ4v) is 5.03. The Labute approximate surface area is 176 Å². The van der Waals surface area contributed by atoms with Crippen LogP contribution in [0.15, 0.2) is 18.0 Å². The molecule has 3 rings (SSSR count). The van der Waals surface area contributed by atoms with E-state index in [1.165, 1.54) is 7.41 Å². The molecule has 3 heterocycles. The van der Waals surface area contributed by atoms with Crippen molar-refractivity contribution in [3.8, 4) is 0 Å². The lowest BCUT2D eigenvalue weighted by atomic mass is 9.81. The van der Waals surface area contributed by atoms with Gasteiger partial charge in [-0.05, 0) is 49.1 Å². The third kappa shape index (κ3) is 5.62. The van der Waals surface area contributed by atoms with E-state index in [-0.39, 0.29) is 18.1 Å². The lowest BCUT2D eigenvalue weighted by Gasteiger charge is -2.38. The van der Waals surface area contributed by atoms with E-state index in [0.29, 0.717) is 26.2 Å². The van der Waals surface area contributed by atoms with E-state index in [1.807, 2.05) is 0 Å². The molecular weight excluding hydrogens is 391 g/mol. The van der Waals surface area contributed by atoms with Crippen LogP contribution in [0.4, 0.5) is 0 Å². The number of carbonyl (C=O) groups excluding carboxylic acids is 2. The second-order valence-electron chi connectivity index (χ2n) is 7.22. The van der Waals surface area contributed by atoms with Crippen molar-refractivity contribution in [2.24, 2.45) is 0 Å². The van der Waals surface area contributed by atoms with Gasteiger partial charge >= 0.3 is 0 Å². The third-order valence-electron chi connectivity index (χ3n) is 5.13. The van der Waals surface area contributed by atoms with Crippen LogP contribution in [0.1, 0.15) is 54.3 Å². The molecule has 0 spiro atoms. The summed E-state index contributed by atoms with van der Waals surface area (Å²) in [6.07, 6.45) is 6.07. The van der Waals surface area contributed by atoms with Gasteiger partial charge in [-0.3, -0.25) is 9.63 Å². The minimum atomic E-state index is -0.472. The summed E-state index contributed by atoms with van der Waals surface area (Å²) in [6, 6.07) is -0.613. The third-order valence-corrected chi connectivity index (χ3v) is 6.29. The highest BCUT2D eigenvalue weighted by molar-refractivity contribution is 7.10. The van der Waals surface area contributed by atoms with Gasteiger partial charge in [0.2, 0.25) is 0 Å². The molecule has 1 fully saturated rings. The molecule has 2 aliphatic heterocycles. The molecule has 2 aliphatic rings. The Morgan fingerprint density at radius 2 is 2.38 bits per heavy atom. The summed E-state index contributed by atoms with van der Waals surface area (Å²) in [4.78, 5) is 32.0. The fraction of sp³-hybridized carbons (Fsp3) is 0.600. The number of nitrogens with zero attached hydrogens (tertiary/aromatic N) is 1. The molecular formula is C20H28BN2O5S. The highest BCUT2D eigenvalue weighted by Gasteiger charge is 2.38. The number of thiophene rings is 1. The molecule has 0 aromatic carbocycles. The zero-order valence-electron chi connectivity index (χ0n) is 16.8. The maximum Gasteiger partial charge on any atom is 0.294 e. The van der Waals surface area contributed by atoms with Gasteiger partial charge in [0.15, 0.2) is 6.29 Å². The van der Waals surface area contributed by atoms with Crippen molar-refractivity contribution in [3.05, 3.63) is 34.0 Å². The van der Waals surface area contributed by atoms with Gasteiger partial charge in [-0.25, -0.2) is 0 Å². The molecule has 3 unspecified atom stereocenters. The molecule has 1 aromatic heterocycles. The quantitative estimate of drug-likeness (QED) is 0.194. The zero-order chi connectivity index (χ0) is 20.6. The van der Waals surface area contributed by atoms with Crippen LogP contribution >= 0.6 is 11.3 Å². The maximum absolute atomic E-state index is 12.5. The van der Waals surface area contributed by atoms with Crippen molar-refractivity contribution >= 4 is 30.7 Å². The van der Waals surface area contributed by atoms with Gasteiger partial charge in [-0.2, -0.15) is 5.48 Å². The first-order valence-electron chi connectivity index (χ1n) is 10.0. The normalized spacial score (nSPS) is 24.7. The van der Waals surface area contributed by atoms with Gasteiger partial charge in [0.1, 0.15) is 5.78 Å². The van der Waals surface area contributed by atoms with Crippen molar-refractivity contribution in [3.63, 3.8) is 0 Å². The molecule has 0 aliphatic carbocycles. The lowest BCUT2D eigenvalue weighted by molar-refractivity contribution is -0.161. The van der Waals surface area contributed by atoms with Crippen LogP contribution in [0.2, 0.25) is 0 Å². The second-order valence-corrected chi connectivity index (χ2v) is 8.13. The molecule has 0 bridgehead atoms. The number of nitrogens with one attached hydrogen (secondary N) is 1. The summed E-state index contributed by atoms with van der Waals surface area (Å²) < 4.78 is 11.5. The Bertz CT molecular complexity index is 707. The number of ketones is 1. The lowest BCUT2D eigenvalue weighted by Crippen LogP contribution is -2.46. The standard InChI is InChI=1S/C20H28BN2O5S/c1-3-8-28-22-16-11-23(21-13-24)19(14(2)25)18-15(12-29-20(16)18)7-10-27-17-6-4-5-9-26-17/h3,12-13,16-17,19,22H,1,4-11H2,2H3. The Morgan fingerprint density at radius 3 is 3.07 bits per heavy atom. The summed E-state index contributed by atoms with van der Waals surface area (Å²) in [5.41, 5.74) is 5.07. The number of hydrogen-bond acceptors (Lipinski definition) is 8. The van der Waals surface area contributed by atoms with Crippen molar-refractivity contribution in [1.82, 2.24) is 10.3 Å². The van der Waals surface area contributed by atoms with Gasteiger partial charge < -0.3 is 19.1 Å². The van der Waals surface area contributed by atoms with E-state index in [1.54, 1.807) is 29.1 Å². The zero-order valence-corrected chi connectivity index (χ0v) is 17.6. The maximum atomic E-state index is 12.5. The van der Waals surface area contributed by atoms with E-state index in [0.717, 1.165) is 48.1 Å². The van der Waals surface area contributed by atoms with Gasteiger partial charge in [-0.1, -0.05) is 6.08 Å². The summed E-state index contributed by atoms with van der Waals surface area (Å²) in [5, 5.41) is 2.08. The van der Waals surface area contributed by atoms with Crippen LogP contribution < -0.4 is 5.48 Å². The van der Waals surface area contributed by atoms with E-state index in [9.17, 15) is 9.59 Å². The Kier molecular flexibility index (Phi) is 8.59. The van der Waals surface area contributed by atoms with Gasteiger partial charge in [0, 0.05) is 18.0 Å². The highest BCUT2D eigenvalue weighted by atomic mass is 32.1. The number of carbonyl (C=O) groups is 2. The molecule has 9 heteroatoms. The predicted molar refractivity (Wildman–Crippen MR) is 112 cm³/mol. The van der Waals surface area contributed by atoms with Crippen LogP contribution in [-0.2, 0) is 30.3 Å². The second kappa shape index (κ2) is 11.1. The van der Waals surface area contributed by atoms with Crippen LogP contribution in [0.3, 0.4) is 0 Å². The number of Topliss-reactive ketones (excluding diaryl/α,β-unsaturated/α-hetero) is 1. The molecule has 29 heavy (non-hydrogen) atoms. The molecule has 7 nitrogen and oxygen atoms in total. The largest absolute Gasteiger partial charge is 0.353 e. The first-order chi connectivity index (χ1) is 14.2. The fourth-order valence-electron chi connectivity index (χ4n) is 3.86. The number of hydrogen-bond donors (Lipinski definition) is 1. The number of fused-ring (bicyclic) bond motifs is 1. The van der Waals surface area contributed by atoms with Crippen LogP contribution in [0, 0.1) is 0 Å². The smallest absolute Gasteiger partial charge is 0.294 e. The highest BCUT2D eigenvalue weighted by Crippen LogP contribution is 2.41. The molecule has 157 valence electrons. The Morgan fingerprint density at radius 1 is 1.52 bits per heavy atom. The monoisotopic (exact) mass is 419 g/mol. The van der Waals surface area contributed by atoms with Crippen molar-refractivity contribution in [2.45, 2.75) is 51.0 Å². The first kappa shape index (κ1) is 22.3. The van der Waals surface area contributed by atoms with E-state index >= 15 is 0 Å². The average Bonchev–Trinajstić information content (AvgIpc) is 3.13. The first-order valence-corrected chi connectivity index (χ1v) is 10.9. The summed E-state index contributed by atoms with van der Waals surface area (Å²) in [7, 11) is 1.44. The number of hydroxylamine groups is 1. The molecule has 0 saturated carbocycles. The molecule has 1 radical (unpaired) electrons. The minimum absolute atomic E-state index is 0.00555. The Balaban J connectivity index is 1.77. The summed E-state index contributed by atoms with van der Waals surface area (Å²) in [6.45, 7) is 7.33. The molecule has 3 atom stereocenters. The molecule has 1 N–H and O–H groups in total. The van der Waals surface area contributed by atoms with Crippen LogP contribution in [0.25, 0.3) is 0 Å². The summed E-state index contributed by atoms with van der Waals surface area (Å²) in [5.74, 6) is 0.00555. The van der Waals surface area contributed by atoms with Crippen molar-refractivity contribution in [2.75, 3.05) is 26.4 Å². The minimum Gasteiger partial charge on any atom is -0.353 e. The molecule has 1 aromatic rings. The van der Waals surface area contributed by atoms with E-state index < -0.39 is 6.04 Å². The van der Waals surface area contributed by atoms with Crippen molar-refractivity contribution < 1.29 is 23.9 Å². The topological polar surface area (TPSA) is 77.1 Å². The Hall–Kier alpha value is -1.36. The van der Waals surface area contributed by atoms with Crippen LogP contribution in [0.5, 0.6) is 0 Å². The molecule has 1 saturated heterocycles. The number of ether oxygens (including phenoxy) is 2. The summed E-state index contributed by atoms with van der Waals surface area (Å²) >= 11 is 1.61. The number of rotatable bonds is 11. The van der Waals surface area contributed by atoms with E-state index in [4.69, 9.17) is 14.3 Å².